The van der Waals surface area contributed by atoms with Gasteiger partial charge in [0.2, 0.25) is 11.8 Å². The van der Waals surface area contributed by atoms with Gasteiger partial charge < -0.3 is 10.1 Å². The highest BCUT2D eigenvalue weighted by Gasteiger charge is 2.29. The van der Waals surface area contributed by atoms with Gasteiger partial charge in [-0.25, -0.2) is 0 Å². The molecule has 1 fully saturated rings. The summed E-state index contributed by atoms with van der Waals surface area (Å²) in [5, 5.41) is 6.62. The summed E-state index contributed by atoms with van der Waals surface area (Å²) in [4.78, 5) is 40.9. The van der Waals surface area contributed by atoms with Crippen molar-refractivity contribution in [3.05, 3.63) is 64.3 Å². The molecule has 1 saturated heterocycles. The Morgan fingerprint density at radius 2 is 1.97 bits per heavy atom. The number of hydrogen-bond donors (Lipinski definition) is 2. The molecule has 1 aromatic heterocycles. The van der Waals surface area contributed by atoms with E-state index in [1.807, 2.05) is 32.0 Å². The lowest BCUT2D eigenvalue weighted by atomic mass is 9.89. The van der Waals surface area contributed by atoms with Gasteiger partial charge in [0.15, 0.2) is 6.10 Å². The van der Waals surface area contributed by atoms with Crippen LogP contribution in [0.2, 0.25) is 5.02 Å². The lowest BCUT2D eigenvalue weighted by Crippen LogP contribution is -2.39. The van der Waals surface area contributed by atoms with Crippen LogP contribution in [-0.4, -0.2) is 28.8 Å². The first-order valence-electron chi connectivity index (χ1n) is 10.7. The van der Waals surface area contributed by atoms with E-state index in [1.54, 1.807) is 31.2 Å². The van der Waals surface area contributed by atoms with Crippen LogP contribution < -0.4 is 15.4 Å². The molecule has 7 nitrogen and oxygen atoms in total. The summed E-state index contributed by atoms with van der Waals surface area (Å²) in [5.41, 5.74) is 3.75. The lowest BCUT2D eigenvalue weighted by molar-refractivity contribution is -0.134. The summed E-state index contributed by atoms with van der Waals surface area (Å²) >= 11 is 6.12. The molecule has 3 amide bonds. The third kappa shape index (κ3) is 4.98. The summed E-state index contributed by atoms with van der Waals surface area (Å²) < 4.78 is 5.84. The summed E-state index contributed by atoms with van der Waals surface area (Å²) in [7, 11) is 0. The van der Waals surface area contributed by atoms with Crippen LogP contribution in [0.4, 0.5) is 5.69 Å². The first kappa shape index (κ1) is 22.7. The number of nitrogens with zero attached hydrogens (tertiary/aromatic N) is 1. The Morgan fingerprint density at radius 1 is 1.18 bits per heavy atom. The number of ether oxygens (including phenoxy) is 1. The zero-order valence-electron chi connectivity index (χ0n) is 18.6. The normalized spacial score (nSPS) is 16.9. The van der Waals surface area contributed by atoms with E-state index >= 15 is 0 Å². The predicted molar refractivity (Wildman–Crippen MR) is 127 cm³/mol. The van der Waals surface area contributed by atoms with Crippen LogP contribution in [0, 0.1) is 13.8 Å². The lowest BCUT2D eigenvalue weighted by Gasteiger charge is -2.22. The summed E-state index contributed by atoms with van der Waals surface area (Å²) in [6.07, 6.45) is 0.0417. The monoisotopic (exact) mass is 465 g/mol. The Labute approximate surface area is 196 Å². The number of anilines is 1. The Balaban J connectivity index is 1.49. The van der Waals surface area contributed by atoms with Crippen LogP contribution in [0.25, 0.3) is 10.9 Å². The van der Waals surface area contributed by atoms with E-state index < -0.39 is 12.0 Å². The molecule has 2 unspecified atom stereocenters. The molecule has 2 N–H and O–H groups in total. The standard InChI is InChI=1S/C25H24ClN3O4/c1-13-4-6-17(11-21(13)26)28-24(31)15(3)33-18-7-5-16-10-20(14(2)27-22(16)12-18)19-8-9-23(30)29-25(19)32/h4-7,10-12,15,19H,8-9H2,1-3H3,(H,28,31)(H,29,30,32). The maximum atomic E-state index is 12.5. The van der Waals surface area contributed by atoms with Gasteiger partial charge in [0.1, 0.15) is 5.75 Å². The number of hydrogen-bond acceptors (Lipinski definition) is 5. The van der Waals surface area contributed by atoms with Gasteiger partial charge >= 0.3 is 0 Å². The molecule has 1 aliphatic rings. The van der Waals surface area contributed by atoms with Gasteiger partial charge in [0.05, 0.1) is 11.4 Å². The van der Waals surface area contributed by atoms with Gasteiger partial charge in [0.25, 0.3) is 5.91 Å². The average molecular weight is 466 g/mol. The fraction of sp³-hybridized carbons (Fsp3) is 0.280. The van der Waals surface area contributed by atoms with Crippen LogP contribution in [0.3, 0.4) is 0 Å². The van der Waals surface area contributed by atoms with E-state index in [0.29, 0.717) is 34.8 Å². The summed E-state index contributed by atoms with van der Waals surface area (Å²) in [6, 6.07) is 12.6. The molecule has 8 heteroatoms. The van der Waals surface area contributed by atoms with E-state index in [0.717, 1.165) is 22.2 Å². The molecule has 4 rings (SSSR count). The Kier molecular flexibility index (Phi) is 6.33. The van der Waals surface area contributed by atoms with Crippen LogP contribution in [-0.2, 0) is 14.4 Å². The van der Waals surface area contributed by atoms with Gasteiger partial charge in [0, 0.05) is 34.3 Å². The van der Waals surface area contributed by atoms with Crippen molar-refractivity contribution in [1.29, 1.82) is 0 Å². The van der Waals surface area contributed by atoms with Crippen molar-refractivity contribution < 1.29 is 19.1 Å². The second-order valence-electron chi connectivity index (χ2n) is 8.23. The molecule has 0 saturated carbocycles. The predicted octanol–water partition coefficient (Wildman–Crippen LogP) is 4.43. The van der Waals surface area contributed by atoms with Gasteiger partial charge in [-0.05, 0) is 68.7 Å². The molecule has 0 bridgehead atoms. The fourth-order valence-electron chi connectivity index (χ4n) is 3.85. The maximum absolute atomic E-state index is 12.5. The first-order chi connectivity index (χ1) is 15.7. The average Bonchev–Trinajstić information content (AvgIpc) is 2.76. The van der Waals surface area contributed by atoms with E-state index in [4.69, 9.17) is 16.3 Å². The second kappa shape index (κ2) is 9.19. The van der Waals surface area contributed by atoms with Crippen molar-refractivity contribution in [2.75, 3.05) is 5.32 Å². The summed E-state index contributed by atoms with van der Waals surface area (Å²) in [5.74, 6) is -0.715. The third-order valence-electron chi connectivity index (χ3n) is 5.75. The van der Waals surface area contributed by atoms with Crippen molar-refractivity contribution in [2.24, 2.45) is 0 Å². The van der Waals surface area contributed by atoms with E-state index in [2.05, 4.69) is 15.6 Å². The van der Waals surface area contributed by atoms with Gasteiger partial charge in [-0.3, -0.25) is 24.7 Å². The first-order valence-corrected chi connectivity index (χ1v) is 11.1. The topological polar surface area (TPSA) is 97.4 Å². The van der Waals surface area contributed by atoms with Crippen LogP contribution >= 0.6 is 11.6 Å². The number of amides is 3. The molecule has 3 aromatic rings. The SMILES string of the molecule is Cc1ccc(NC(=O)C(C)Oc2ccc3cc(C4CCC(=O)NC4=O)c(C)nc3c2)cc1Cl. The number of nitrogens with one attached hydrogen (secondary N) is 2. The van der Waals surface area contributed by atoms with Crippen molar-refractivity contribution >= 4 is 45.9 Å². The molecule has 1 aliphatic heterocycles. The number of aromatic nitrogens is 1. The fourth-order valence-corrected chi connectivity index (χ4v) is 4.03. The number of aryl methyl sites for hydroxylation is 2. The zero-order chi connectivity index (χ0) is 23.7. The van der Waals surface area contributed by atoms with E-state index in [-0.39, 0.29) is 17.7 Å². The molecule has 0 aliphatic carbocycles. The molecule has 0 spiro atoms. The Bertz CT molecular complexity index is 1270. The molecule has 2 aromatic carbocycles. The van der Waals surface area contributed by atoms with Crippen molar-refractivity contribution in [3.63, 3.8) is 0 Å². The molecule has 0 radical (unpaired) electrons. The Morgan fingerprint density at radius 3 is 2.70 bits per heavy atom. The number of fused-ring (bicyclic) bond motifs is 1. The number of halogens is 1. The summed E-state index contributed by atoms with van der Waals surface area (Å²) in [6.45, 7) is 5.40. The number of imide groups is 1. The molecular formula is C25H24ClN3O4. The van der Waals surface area contributed by atoms with Crippen molar-refractivity contribution in [2.45, 2.75) is 45.6 Å². The number of carbonyl (C=O) groups excluding carboxylic acids is 3. The van der Waals surface area contributed by atoms with Crippen LogP contribution in [0.15, 0.2) is 42.5 Å². The minimum atomic E-state index is -0.744. The molecule has 2 heterocycles. The largest absolute Gasteiger partial charge is 0.481 e. The Hall–Kier alpha value is -3.45. The smallest absolute Gasteiger partial charge is 0.265 e. The minimum Gasteiger partial charge on any atom is -0.481 e. The third-order valence-corrected chi connectivity index (χ3v) is 6.16. The molecule has 2 atom stereocenters. The van der Waals surface area contributed by atoms with Crippen LogP contribution in [0.5, 0.6) is 5.75 Å². The van der Waals surface area contributed by atoms with Gasteiger partial charge in [-0.15, -0.1) is 0 Å². The quantitative estimate of drug-likeness (QED) is 0.543. The highest BCUT2D eigenvalue weighted by atomic mass is 35.5. The molecule has 170 valence electrons. The number of piperidine rings is 1. The van der Waals surface area contributed by atoms with Gasteiger partial charge in [-0.2, -0.15) is 0 Å². The van der Waals surface area contributed by atoms with Gasteiger partial charge in [-0.1, -0.05) is 17.7 Å². The molecule has 33 heavy (non-hydrogen) atoms. The number of benzene rings is 2. The second-order valence-corrected chi connectivity index (χ2v) is 8.64. The maximum Gasteiger partial charge on any atom is 0.265 e. The van der Waals surface area contributed by atoms with E-state index in [1.165, 1.54) is 0 Å². The number of rotatable bonds is 5. The van der Waals surface area contributed by atoms with E-state index in [9.17, 15) is 14.4 Å². The number of carbonyl (C=O) groups is 3. The number of pyridine rings is 1. The van der Waals surface area contributed by atoms with Crippen molar-refractivity contribution in [1.82, 2.24) is 10.3 Å². The highest BCUT2D eigenvalue weighted by Crippen LogP contribution is 2.30. The molecular weight excluding hydrogens is 442 g/mol. The van der Waals surface area contributed by atoms with Crippen LogP contribution in [0.1, 0.15) is 42.5 Å². The highest BCUT2D eigenvalue weighted by molar-refractivity contribution is 6.31. The van der Waals surface area contributed by atoms with Crippen molar-refractivity contribution in [3.8, 4) is 5.75 Å². The zero-order valence-corrected chi connectivity index (χ0v) is 19.3. The minimum absolute atomic E-state index is 0.243.